The first-order valence-corrected chi connectivity index (χ1v) is 8.36. The van der Waals surface area contributed by atoms with E-state index in [0.717, 1.165) is 19.6 Å². The monoisotopic (exact) mass is 315 g/mol. The number of pyridine rings is 1. The van der Waals surface area contributed by atoms with Crippen LogP contribution in [-0.4, -0.2) is 30.0 Å². The molecule has 2 aromatic carbocycles. The summed E-state index contributed by atoms with van der Waals surface area (Å²) in [4.78, 5) is 8.93. The molecule has 0 amide bonds. The summed E-state index contributed by atoms with van der Waals surface area (Å²) in [5, 5.41) is 0. The van der Waals surface area contributed by atoms with E-state index in [9.17, 15) is 0 Å². The van der Waals surface area contributed by atoms with E-state index in [1.807, 2.05) is 12.4 Å². The fourth-order valence-corrected chi connectivity index (χ4v) is 3.34. The molecule has 1 aliphatic heterocycles. The average molecular weight is 315 g/mol. The summed E-state index contributed by atoms with van der Waals surface area (Å²) in [5.74, 6) is 0. The maximum atomic E-state index is 4.12. The van der Waals surface area contributed by atoms with Gasteiger partial charge >= 0.3 is 0 Å². The van der Waals surface area contributed by atoms with Crippen molar-refractivity contribution in [3.8, 4) is 11.1 Å². The normalized spacial score (nSPS) is 15.0. The van der Waals surface area contributed by atoms with Gasteiger partial charge in [0, 0.05) is 43.4 Å². The molecule has 0 aliphatic carbocycles. The number of para-hydroxylation sites is 1. The Bertz CT molecular complexity index is 815. The predicted molar refractivity (Wildman–Crippen MR) is 99.5 cm³/mol. The number of hydrogen-bond donors (Lipinski definition) is 0. The smallest absolute Gasteiger partial charge is 0.0457 e. The second-order valence-electron chi connectivity index (χ2n) is 6.30. The van der Waals surface area contributed by atoms with Crippen molar-refractivity contribution in [1.29, 1.82) is 0 Å². The van der Waals surface area contributed by atoms with Crippen LogP contribution in [0.25, 0.3) is 11.1 Å². The fraction of sp³-hybridized carbons (Fsp3) is 0.190. The van der Waals surface area contributed by atoms with Gasteiger partial charge in [0.15, 0.2) is 0 Å². The van der Waals surface area contributed by atoms with E-state index < -0.39 is 0 Å². The van der Waals surface area contributed by atoms with Crippen LogP contribution in [0.2, 0.25) is 0 Å². The van der Waals surface area contributed by atoms with E-state index >= 15 is 0 Å². The number of nitrogens with zero attached hydrogens (tertiary/aromatic N) is 3. The van der Waals surface area contributed by atoms with Gasteiger partial charge in [-0.3, -0.25) is 4.98 Å². The van der Waals surface area contributed by atoms with Gasteiger partial charge in [-0.15, -0.1) is 0 Å². The van der Waals surface area contributed by atoms with Gasteiger partial charge in [-0.25, -0.2) is 0 Å². The molecule has 0 unspecified atom stereocenters. The van der Waals surface area contributed by atoms with Crippen molar-refractivity contribution < 1.29 is 0 Å². The molecule has 24 heavy (non-hydrogen) atoms. The second-order valence-corrected chi connectivity index (χ2v) is 6.30. The summed E-state index contributed by atoms with van der Waals surface area (Å²) in [6.45, 7) is 3.02. The highest BCUT2D eigenvalue weighted by Crippen LogP contribution is 2.34. The minimum Gasteiger partial charge on any atom is -0.340 e. The number of hydrogen-bond acceptors (Lipinski definition) is 3. The minimum atomic E-state index is 0.970. The van der Waals surface area contributed by atoms with E-state index in [1.54, 1.807) is 0 Å². The molecule has 1 aliphatic rings. The molecule has 0 spiro atoms. The van der Waals surface area contributed by atoms with Crippen molar-refractivity contribution in [2.75, 3.05) is 25.0 Å². The molecule has 0 bridgehead atoms. The summed E-state index contributed by atoms with van der Waals surface area (Å²) < 4.78 is 0. The van der Waals surface area contributed by atoms with Gasteiger partial charge < -0.3 is 9.80 Å². The Labute approximate surface area is 143 Å². The molecular weight excluding hydrogens is 294 g/mol. The molecule has 0 N–H and O–H groups in total. The zero-order valence-corrected chi connectivity index (χ0v) is 13.9. The van der Waals surface area contributed by atoms with Gasteiger partial charge in [0.25, 0.3) is 0 Å². The summed E-state index contributed by atoms with van der Waals surface area (Å²) in [6.07, 6.45) is 3.70. The van der Waals surface area contributed by atoms with Crippen LogP contribution in [0, 0.1) is 0 Å². The second kappa shape index (κ2) is 6.46. The summed E-state index contributed by atoms with van der Waals surface area (Å²) >= 11 is 0. The number of rotatable bonds is 2. The van der Waals surface area contributed by atoms with Crippen molar-refractivity contribution in [1.82, 2.24) is 9.88 Å². The Morgan fingerprint density at radius 1 is 0.833 bits per heavy atom. The van der Waals surface area contributed by atoms with E-state index in [0.29, 0.717) is 0 Å². The lowest BCUT2D eigenvalue weighted by Gasteiger charge is -2.25. The third-order valence-electron chi connectivity index (χ3n) is 4.60. The lowest BCUT2D eigenvalue weighted by atomic mass is 10.0. The average Bonchev–Trinajstić information content (AvgIpc) is 2.80. The van der Waals surface area contributed by atoms with E-state index in [1.165, 1.54) is 28.1 Å². The van der Waals surface area contributed by atoms with E-state index in [2.05, 4.69) is 82.5 Å². The molecule has 4 rings (SSSR count). The quantitative estimate of drug-likeness (QED) is 0.701. The van der Waals surface area contributed by atoms with Gasteiger partial charge in [0.1, 0.15) is 0 Å². The van der Waals surface area contributed by atoms with Crippen molar-refractivity contribution in [2.45, 2.75) is 6.54 Å². The molecule has 3 heteroatoms. The van der Waals surface area contributed by atoms with Crippen molar-refractivity contribution >= 4 is 11.4 Å². The number of likely N-dealkylation sites (N-methyl/N-ethyl adjacent to an activating group) is 1. The molecule has 0 radical (unpaired) electrons. The van der Waals surface area contributed by atoms with Crippen LogP contribution in [0.3, 0.4) is 0 Å². The fourth-order valence-electron chi connectivity index (χ4n) is 3.34. The molecule has 0 atom stereocenters. The maximum absolute atomic E-state index is 4.12. The largest absolute Gasteiger partial charge is 0.340 e. The molecular formula is C21H21N3. The van der Waals surface area contributed by atoms with Crippen molar-refractivity contribution in [3.05, 3.63) is 78.6 Å². The number of aromatic nitrogens is 1. The zero-order valence-electron chi connectivity index (χ0n) is 13.9. The van der Waals surface area contributed by atoms with Crippen LogP contribution in [-0.2, 0) is 6.54 Å². The highest BCUT2D eigenvalue weighted by molar-refractivity contribution is 5.73. The standard InChI is InChI=1S/C21H21N3/c1-23-13-14-24(20-5-3-2-4-6-20)21-8-7-18(15-19(21)16-23)17-9-11-22-12-10-17/h2-12,15H,13-14,16H2,1H3. The molecule has 0 saturated carbocycles. The van der Waals surface area contributed by atoms with Crippen molar-refractivity contribution in [3.63, 3.8) is 0 Å². The topological polar surface area (TPSA) is 19.4 Å². The van der Waals surface area contributed by atoms with Gasteiger partial charge in [0.05, 0.1) is 0 Å². The molecule has 120 valence electrons. The number of fused-ring (bicyclic) bond motifs is 1. The van der Waals surface area contributed by atoms with Crippen LogP contribution in [0.15, 0.2) is 73.1 Å². The highest BCUT2D eigenvalue weighted by Gasteiger charge is 2.19. The van der Waals surface area contributed by atoms with Gasteiger partial charge in [0.2, 0.25) is 0 Å². The third kappa shape index (κ3) is 2.91. The molecule has 3 nitrogen and oxygen atoms in total. The Morgan fingerprint density at radius 2 is 1.62 bits per heavy atom. The lowest BCUT2D eigenvalue weighted by Crippen LogP contribution is -2.26. The SMILES string of the molecule is CN1CCN(c2ccccc2)c2ccc(-c3ccncc3)cc2C1. The minimum absolute atomic E-state index is 0.970. The Morgan fingerprint density at radius 3 is 2.42 bits per heavy atom. The van der Waals surface area contributed by atoms with E-state index in [-0.39, 0.29) is 0 Å². The number of anilines is 2. The lowest BCUT2D eigenvalue weighted by molar-refractivity contribution is 0.343. The molecule has 0 saturated heterocycles. The Hall–Kier alpha value is -2.65. The molecule has 1 aromatic heterocycles. The molecule has 2 heterocycles. The van der Waals surface area contributed by atoms with E-state index in [4.69, 9.17) is 0 Å². The highest BCUT2D eigenvalue weighted by atomic mass is 15.2. The van der Waals surface area contributed by atoms with Gasteiger partial charge in [-0.2, -0.15) is 0 Å². The first kappa shape index (κ1) is 14.9. The first-order chi connectivity index (χ1) is 11.8. The van der Waals surface area contributed by atoms with Gasteiger partial charge in [-0.05, 0) is 60.1 Å². The van der Waals surface area contributed by atoms with Crippen LogP contribution in [0.5, 0.6) is 0 Å². The summed E-state index contributed by atoms with van der Waals surface area (Å²) in [5.41, 5.74) is 6.40. The molecule has 0 fully saturated rings. The summed E-state index contributed by atoms with van der Waals surface area (Å²) in [7, 11) is 2.19. The Kier molecular flexibility index (Phi) is 4.01. The van der Waals surface area contributed by atoms with Crippen LogP contribution in [0.1, 0.15) is 5.56 Å². The summed E-state index contributed by atoms with van der Waals surface area (Å²) in [6, 6.07) is 21.6. The van der Waals surface area contributed by atoms with Crippen molar-refractivity contribution in [2.24, 2.45) is 0 Å². The van der Waals surface area contributed by atoms with Crippen LogP contribution < -0.4 is 4.90 Å². The maximum Gasteiger partial charge on any atom is 0.0457 e. The van der Waals surface area contributed by atoms with Crippen LogP contribution >= 0.6 is 0 Å². The predicted octanol–water partition coefficient (Wildman–Crippen LogP) is 4.33. The molecule has 3 aromatic rings. The van der Waals surface area contributed by atoms with Gasteiger partial charge in [-0.1, -0.05) is 24.3 Å². The third-order valence-corrected chi connectivity index (χ3v) is 4.60. The number of benzene rings is 2. The van der Waals surface area contributed by atoms with Crippen LogP contribution in [0.4, 0.5) is 11.4 Å². The first-order valence-electron chi connectivity index (χ1n) is 8.36. The Balaban J connectivity index is 1.79. The zero-order chi connectivity index (χ0) is 16.4.